The van der Waals surface area contributed by atoms with Crippen molar-refractivity contribution in [1.29, 1.82) is 0 Å². The van der Waals surface area contributed by atoms with Gasteiger partial charge in [-0.15, -0.1) is 6.58 Å². The number of carbonyl (C=O) groups excluding carboxylic acids is 2. The number of benzene rings is 2. The quantitative estimate of drug-likeness (QED) is 0.764. The molecule has 1 aliphatic rings. The first-order chi connectivity index (χ1) is 13.1. The molecule has 0 atom stereocenters. The van der Waals surface area contributed by atoms with E-state index in [0.717, 1.165) is 17.7 Å². The minimum atomic E-state index is -0.181. The van der Waals surface area contributed by atoms with Crippen molar-refractivity contribution >= 4 is 29.2 Å². The van der Waals surface area contributed by atoms with Gasteiger partial charge in [0.15, 0.2) is 0 Å². The fourth-order valence-electron chi connectivity index (χ4n) is 3.06. The van der Waals surface area contributed by atoms with Gasteiger partial charge in [0.1, 0.15) is 0 Å². The molecule has 0 radical (unpaired) electrons. The predicted octanol–water partition coefficient (Wildman–Crippen LogP) is 4.09. The molecule has 0 saturated carbocycles. The van der Waals surface area contributed by atoms with Crippen LogP contribution in [0.2, 0.25) is 5.02 Å². The van der Waals surface area contributed by atoms with E-state index in [2.05, 4.69) is 11.9 Å². The van der Waals surface area contributed by atoms with Crippen LogP contribution >= 0.6 is 11.6 Å². The highest BCUT2D eigenvalue weighted by Gasteiger charge is 2.27. The Morgan fingerprint density at radius 3 is 2.70 bits per heavy atom. The Labute approximate surface area is 164 Å². The molecular weight excluding hydrogens is 362 g/mol. The van der Waals surface area contributed by atoms with E-state index in [9.17, 15) is 9.59 Å². The van der Waals surface area contributed by atoms with Crippen LogP contribution in [0.4, 0.5) is 10.5 Å². The Bertz CT molecular complexity index is 836. The lowest BCUT2D eigenvalue weighted by Gasteiger charge is -2.35. The Morgan fingerprint density at radius 2 is 1.96 bits per heavy atom. The van der Waals surface area contributed by atoms with Crippen molar-refractivity contribution in [1.82, 2.24) is 10.2 Å². The highest BCUT2D eigenvalue weighted by Crippen LogP contribution is 2.23. The Hall–Kier alpha value is -2.79. The van der Waals surface area contributed by atoms with Crippen molar-refractivity contribution in [3.63, 3.8) is 0 Å². The molecule has 3 rings (SSSR count). The number of urea groups is 1. The molecule has 2 aromatic carbocycles. The van der Waals surface area contributed by atoms with E-state index in [1.54, 1.807) is 29.2 Å². The highest BCUT2D eigenvalue weighted by molar-refractivity contribution is 6.30. The second-order valence-corrected chi connectivity index (χ2v) is 6.82. The molecule has 2 aromatic rings. The van der Waals surface area contributed by atoms with Crippen LogP contribution in [0.1, 0.15) is 22.3 Å². The minimum absolute atomic E-state index is 0.0557. The zero-order chi connectivity index (χ0) is 19.2. The van der Waals surface area contributed by atoms with E-state index in [1.165, 1.54) is 0 Å². The van der Waals surface area contributed by atoms with Gasteiger partial charge in [-0.1, -0.05) is 35.9 Å². The van der Waals surface area contributed by atoms with Crippen LogP contribution in [-0.4, -0.2) is 36.5 Å². The summed E-state index contributed by atoms with van der Waals surface area (Å²) >= 11 is 5.93. The monoisotopic (exact) mass is 383 g/mol. The summed E-state index contributed by atoms with van der Waals surface area (Å²) in [6.45, 7) is 5.87. The van der Waals surface area contributed by atoms with Crippen LogP contribution in [0.3, 0.4) is 0 Å². The number of nitrogens with one attached hydrogen (secondary N) is 1. The average molecular weight is 384 g/mol. The van der Waals surface area contributed by atoms with E-state index in [-0.39, 0.29) is 11.9 Å². The highest BCUT2D eigenvalue weighted by atomic mass is 35.5. The average Bonchev–Trinajstić information content (AvgIpc) is 2.69. The second kappa shape index (κ2) is 8.73. The summed E-state index contributed by atoms with van der Waals surface area (Å²) in [6.07, 6.45) is 2.50. The first kappa shape index (κ1) is 19.0. The van der Waals surface area contributed by atoms with Gasteiger partial charge in [0.05, 0.1) is 0 Å². The Balaban J connectivity index is 1.74. The molecule has 140 valence electrons. The van der Waals surface area contributed by atoms with Gasteiger partial charge in [-0.2, -0.15) is 0 Å². The normalized spacial score (nSPS) is 14.2. The van der Waals surface area contributed by atoms with Crippen LogP contribution in [-0.2, 0) is 6.54 Å². The molecule has 1 aliphatic heterocycles. The van der Waals surface area contributed by atoms with Gasteiger partial charge in [0.2, 0.25) is 0 Å². The standard InChI is InChI=1S/C21H22ClN3O2/c1-2-11-23-20(26)17-5-3-6-19(14-17)25-13-4-12-24(21(25)27)15-16-7-9-18(22)10-8-16/h2-3,5-10,14H,1,4,11-13,15H2,(H,23,26). The van der Waals surface area contributed by atoms with E-state index in [0.29, 0.717) is 36.8 Å². The van der Waals surface area contributed by atoms with Crippen molar-refractivity contribution in [2.75, 3.05) is 24.5 Å². The summed E-state index contributed by atoms with van der Waals surface area (Å²) in [5.41, 5.74) is 2.29. The molecule has 0 aliphatic carbocycles. The van der Waals surface area contributed by atoms with E-state index in [4.69, 9.17) is 11.6 Å². The summed E-state index contributed by atoms with van der Waals surface area (Å²) in [5.74, 6) is -0.181. The van der Waals surface area contributed by atoms with E-state index >= 15 is 0 Å². The summed E-state index contributed by atoms with van der Waals surface area (Å²) in [7, 11) is 0. The second-order valence-electron chi connectivity index (χ2n) is 6.38. The Kier molecular flexibility index (Phi) is 6.14. The molecule has 1 heterocycles. The number of nitrogens with zero attached hydrogens (tertiary/aromatic N) is 2. The molecule has 1 saturated heterocycles. The third kappa shape index (κ3) is 4.68. The maximum absolute atomic E-state index is 13.0. The minimum Gasteiger partial charge on any atom is -0.349 e. The molecule has 27 heavy (non-hydrogen) atoms. The van der Waals surface area contributed by atoms with Crippen LogP contribution in [0.15, 0.2) is 61.2 Å². The molecule has 6 heteroatoms. The number of hydrogen-bond acceptors (Lipinski definition) is 2. The first-order valence-electron chi connectivity index (χ1n) is 8.88. The first-order valence-corrected chi connectivity index (χ1v) is 9.26. The maximum Gasteiger partial charge on any atom is 0.324 e. The summed E-state index contributed by atoms with van der Waals surface area (Å²) in [4.78, 5) is 28.7. The largest absolute Gasteiger partial charge is 0.349 e. The summed E-state index contributed by atoms with van der Waals surface area (Å²) in [6, 6.07) is 14.6. The van der Waals surface area contributed by atoms with E-state index < -0.39 is 0 Å². The predicted molar refractivity (Wildman–Crippen MR) is 108 cm³/mol. The molecule has 0 bridgehead atoms. The van der Waals surface area contributed by atoms with Crippen molar-refractivity contribution in [3.05, 3.63) is 77.3 Å². The number of anilines is 1. The van der Waals surface area contributed by atoms with Crippen LogP contribution < -0.4 is 10.2 Å². The number of rotatable bonds is 6. The maximum atomic E-state index is 13.0. The van der Waals surface area contributed by atoms with Gasteiger partial charge >= 0.3 is 6.03 Å². The van der Waals surface area contributed by atoms with Crippen molar-refractivity contribution in [2.45, 2.75) is 13.0 Å². The zero-order valence-electron chi connectivity index (χ0n) is 15.0. The van der Waals surface area contributed by atoms with Gasteiger partial charge in [-0.05, 0) is 42.3 Å². The van der Waals surface area contributed by atoms with Crippen LogP contribution in [0, 0.1) is 0 Å². The lowest BCUT2D eigenvalue weighted by Crippen LogP contribution is -2.49. The van der Waals surface area contributed by atoms with Gasteiger partial charge in [-0.3, -0.25) is 9.69 Å². The van der Waals surface area contributed by atoms with Crippen LogP contribution in [0.5, 0.6) is 0 Å². The lowest BCUT2D eigenvalue weighted by atomic mass is 10.1. The zero-order valence-corrected chi connectivity index (χ0v) is 15.8. The third-order valence-electron chi connectivity index (χ3n) is 4.42. The van der Waals surface area contributed by atoms with E-state index in [1.807, 2.05) is 35.2 Å². The number of hydrogen-bond donors (Lipinski definition) is 1. The molecule has 0 unspecified atom stereocenters. The topological polar surface area (TPSA) is 52.7 Å². The van der Waals surface area contributed by atoms with Crippen molar-refractivity contribution < 1.29 is 9.59 Å². The smallest absolute Gasteiger partial charge is 0.324 e. The van der Waals surface area contributed by atoms with Gasteiger partial charge < -0.3 is 10.2 Å². The molecule has 0 spiro atoms. The molecule has 5 nitrogen and oxygen atoms in total. The van der Waals surface area contributed by atoms with Gasteiger partial charge in [0, 0.05) is 42.5 Å². The summed E-state index contributed by atoms with van der Waals surface area (Å²) in [5, 5.41) is 3.43. The molecule has 3 amide bonds. The van der Waals surface area contributed by atoms with Crippen molar-refractivity contribution in [3.8, 4) is 0 Å². The SMILES string of the molecule is C=CCNC(=O)c1cccc(N2CCCN(Cc3ccc(Cl)cc3)C2=O)c1. The lowest BCUT2D eigenvalue weighted by molar-refractivity contribution is 0.0958. The number of halogens is 1. The van der Waals surface area contributed by atoms with Crippen molar-refractivity contribution in [2.24, 2.45) is 0 Å². The number of carbonyl (C=O) groups is 2. The van der Waals surface area contributed by atoms with Crippen LogP contribution in [0.25, 0.3) is 0 Å². The fourth-order valence-corrected chi connectivity index (χ4v) is 3.19. The molecular formula is C21H22ClN3O2. The molecule has 0 aromatic heterocycles. The molecule has 1 N–H and O–H groups in total. The molecule has 1 fully saturated rings. The Morgan fingerprint density at radius 1 is 1.19 bits per heavy atom. The fraction of sp³-hybridized carbons (Fsp3) is 0.238. The van der Waals surface area contributed by atoms with Gasteiger partial charge in [0.25, 0.3) is 5.91 Å². The summed E-state index contributed by atoms with van der Waals surface area (Å²) < 4.78 is 0. The number of amides is 3. The van der Waals surface area contributed by atoms with Gasteiger partial charge in [-0.25, -0.2) is 4.79 Å². The third-order valence-corrected chi connectivity index (χ3v) is 4.68.